The van der Waals surface area contributed by atoms with Crippen LogP contribution in [0.1, 0.15) is 28.6 Å². The van der Waals surface area contributed by atoms with E-state index in [-0.39, 0.29) is 6.04 Å². The second kappa shape index (κ2) is 5.29. The molecular weight excluding hydrogens is 236 g/mol. The first-order valence-electron chi connectivity index (χ1n) is 5.54. The third kappa shape index (κ3) is 3.04. The third-order valence-electron chi connectivity index (χ3n) is 2.35. The highest BCUT2D eigenvalue weighted by Gasteiger charge is 2.11. The predicted octanol–water partition coefficient (Wildman–Crippen LogP) is 2.11. The maximum absolute atomic E-state index is 5.42. The van der Waals surface area contributed by atoms with E-state index in [0.29, 0.717) is 24.9 Å². The van der Waals surface area contributed by atoms with Crippen LogP contribution in [-0.4, -0.2) is 16.7 Å². The molecule has 0 spiro atoms. The van der Waals surface area contributed by atoms with Gasteiger partial charge in [-0.2, -0.15) is 0 Å². The molecule has 0 saturated heterocycles. The Morgan fingerprint density at radius 3 is 2.94 bits per heavy atom. The van der Waals surface area contributed by atoms with Gasteiger partial charge in [-0.05, 0) is 26.0 Å². The molecule has 0 aliphatic heterocycles. The standard InChI is InChI=1S/C11H16N4OS/c1-7-3-4-9(17-7)8(2)13-11-15-14-10(16-11)5-6-12/h3-4,8H,5-6,12H2,1-2H3,(H,13,15). The quantitative estimate of drug-likeness (QED) is 0.852. The molecule has 2 rings (SSSR count). The number of aryl methyl sites for hydroxylation is 1. The largest absolute Gasteiger partial charge is 0.408 e. The van der Waals surface area contributed by atoms with Crippen LogP contribution in [0.15, 0.2) is 16.5 Å². The lowest BCUT2D eigenvalue weighted by atomic mass is 10.3. The Bertz CT molecular complexity index is 479. The van der Waals surface area contributed by atoms with Gasteiger partial charge in [-0.15, -0.1) is 16.4 Å². The van der Waals surface area contributed by atoms with Gasteiger partial charge in [0.1, 0.15) is 0 Å². The average Bonchev–Trinajstić information content (AvgIpc) is 2.88. The predicted molar refractivity (Wildman–Crippen MR) is 68.2 cm³/mol. The SMILES string of the molecule is Cc1ccc(C(C)Nc2nnc(CCN)o2)s1. The van der Waals surface area contributed by atoms with Crippen molar-refractivity contribution in [2.75, 3.05) is 11.9 Å². The number of hydrogen-bond acceptors (Lipinski definition) is 6. The number of aromatic nitrogens is 2. The number of anilines is 1. The van der Waals surface area contributed by atoms with Crippen molar-refractivity contribution in [2.24, 2.45) is 5.73 Å². The molecule has 6 heteroatoms. The molecule has 0 amide bonds. The van der Waals surface area contributed by atoms with Crippen molar-refractivity contribution in [3.8, 4) is 0 Å². The van der Waals surface area contributed by atoms with Gasteiger partial charge in [-0.1, -0.05) is 5.10 Å². The molecule has 0 aromatic carbocycles. The van der Waals surface area contributed by atoms with E-state index in [2.05, 4.69) is 41.5 Å². The minimum absolute atomic E-state index is 0.167. The van der Waals surface area contributed by atoms with Crippen LogP contribution in [0, 0.1) is 6.92 Å². The molecule has 2 heterocycles. The average molecular weight is 252 g/mol. The van der Waals surface area contributed by atoms with Crippen molar-refractivity contribution in [1.82, 2.24) is 10.2 Å². The Hall–Kier alpha value is -1.40. The highest BCUT2D eigenvalue weighted by molar-refractivity contribution is 7.12. The van der Waals surface area contributed by atoms with Gasteiger partial charge in [0.05, 0.1) is 6.04 Å². The fraction of sp³-hybridized carbons (Fsp3) is 0.455. The summed E-state index contributed by atoms with van der Waals surface area (Å²) in [5, 5.41) is 11.0. The van der Waals surface area contributed by atoms with Gasteiger partial charge < -0.3 is 15.5 Å². The van der Waals surface area contributed by atoms with E-state index in [0.717, 1.165) is 0 Å². The van der Waals surface area contributed by atoms with Gasteiger partial charge in [0.15, 0.2) is 0 Å². The zero-order valence-corrected chi connectivity index (χ0v) is 10.8. The number of rotatable bonds is 5. The second-order valence-electron chi connectivity index (χ2n) is 3.85. The first-order valence-corrected chi connectivity index (χ1v) is 6.36. The maximum atomic E-state index is 5.42. The summed E-state index contributed by atoms with van der Waals surface area (Å²) in [6.45, 7) is 4.67. The van der Waals surface area contributed by atoms with Gasteiger partial charge in [0, 0.05) is 22.7 Å². The fourth-order valence-electron chi connectivity index (χ4n) is 1.48. The number of nitrogens with two attached hydrogens (primary N) is 1. The topological polar surface area (TPSA) is 77.0 Å². The van der Waals surface area contributed by atoms with Crippen LogP contribution in [0.4, 0.5) is 6.01 Å². The smallest absolute Gasteiger partial charge is 0.315 e. The van der Waals surface area contributed by atoms with Gasteiger partial charge >= 0.3 is 6.01 Å². The van der Waals surface area contributed by atoms with E-state index in [1.165, 1.54) is 9.75 Å². The molecule has 0 radical (unpaired) electrons. The molecule has 0 aliphatic carbocycles. The van der Waals surface area contributed by atoms with Gasteiger partial charge in [-0.25, -0.2) is 0 Å². The van der Waals surface area contributed by atoms with Crippen molar-refractivity contribution in [2.45, 2.75) is 26.3 Å². The zero-order chi connectivity index (χ0) is 12.3. The molecule has 5 nitrogen and oxygen atoms in total. The van der Waals surface area contributed by atoms with Crippen molar-refractivity contribution >= 4 is 17.4 Å². The van der Waals surface area contributed by atoms with Gasteiger partial charge in [0.25, 0.3) is 0 Å². The summed E-state index contributed by atoms with van der Waals surface area (Å²) in [6.07, 6.45) is 0.612. The summed E-state index contributed by atoms with van der Waals surface area (Å²) in [6, 6.07) is 4.83. The minimum Gasteiger partial charge on any atom is -0.408 e. The van der Waals surface area contributed by atoms with Crippen molar-refractivity contribution in [3.05, 3.63) is 27.8 Å². The van der Waals surface area contributed by atoms with E-state index in [1.54, 1.807) is 11.3 Å². The summed E-state index contributed by atoms with van der Waals surface area (Å²) in [5.74, 6) is 0.574. The third-order valence-corrected chi connectivity index (χ3v) is 3.54. The molecule has 0 saturated carbocycles. The Labute approximate surface area is 104 Å². The molecule has 1 atom stereocenters. The lowest BCUT2D eigenvalue weighted by Gasteiger charge is -2.08. The van der Waals surface area contributed by atoms with Gasteiger partial charge in [-0.3, -0.25) is 0 Å². The van der Waals surface area contributed by atoms with E-state index in [4.69, 9.17) is 10.2 Å². The Balaban J connectivity index is 1.99. The summed E-state index contributed by atoms with van der Waals surface area (Å²) in [5.41, 5.74) is 5.42. The first kappa shape index (κ1) is 12.1. The molecule has 0 aliphatic rings. The molecular formula is C11H16N4OS. The summed E-state index contributed by atoms with van der Waals surface area (Å²) >= 11 is 1.76. The van der Waals surface area contributed by atoms with Crippen LogP contribution >= 0.6 is 11.3 Å². The zero-order valence-electron chi connectivity index (χ0n) is 9.93. The molecule has 2 aromatic heterocycles. The van der Waals surface area contributed by atoms with Crippen LogP contribution in [0.3, 0.4) is 0 Å². The molecule has 3 N–H and O–H groups in total. The minimum atomic E-state index is 0.167. The van der Waals surface area contributed by atoms with Crippen LogP contribution < -0.4 is 11.1 Å². The lowest BCUT2D eigenvalue weighted by Crippen LogP contribution is -2.04. The molecule has 1 unspecified atom stereocenters. The lowest BCUT2D eigenvalue weighted by molar-refractivity contribution is 0.502. The molecule has 17 heavy (non-hydrogen) atoms. The second-order valence-corrected chi connectivity index (χ2v) is 5.17. The summed E-state index contributed by atoms with van der Waals surface area (Å²) < 4.78 is 5.41. The normalized spacial score (nSPS) is 12.6. The number of hydrogen-bond donors (Lipinski definition) is 2. The highest BCUT2D eigenvalue weighted by atomic mass is 32.1. The van der Waals surface area contributed by atoms with Crippen LogP contribution in [0.2, 0.25) is 0 Å². The van der Waals surface area contributed by atoms with Crippen LogP contribution in [0.5, 0.6) is 0 Å². The Morgan fingerprint density at radius 2 is 2.29 bits per heavy atom. The van der Waals surface area contributed by atoms with Gasteiger partial charge in [0.2, 0.25) is 5.89 Å². The number of nitrogens with zero attached hydrogens (tertiary/aromatic N) is 2. The van der Waals surface area contributed by atoms with Crippen LogP contribution in [-0.2, 0) is 6.42 Å². The number of nitrogens with one attached hydrogen (secondary N) is 1. The Morgan fingerprint density at radius 1 is 1.47 bits per heavy atom. The molecule has 0 fully saturated rings. The van der Waals surface area contributed by atoms with E-state index in [9.17, 15) is 0 Å². The summed E-state index contributed by atoms with van der Waals surface area (Å²) in [7, 11) is 0. The summed E-state index contributed by atoms with van der Waals surface area (Å²) in [4.78, 5) is 2.55. The van der Waals surface area contributed by atoms with Crippen molar-refractivity contribution in [3.63, 3.8) is 0 Å². The van der Waals surface area contributed by atoms with E-state index >= 15 is 0 Å². The van der Waals surface area contributed by atoms with E-state index < -0.39 is 0 Å². The van der Waals surface area contributed by atoms with Crippen LogP contribution in [0.25, 0.3) is 0 Å². The monoisotopic (exact) mass is 252 g/mol. The first-order chi connectivity index (χ1) is 8.19. The Kier molecular flexibility index (Phi) is 3.75. The maximum Gasteiger partial charge on any atom is 0.315 e. The van der Waals surface area contributed by atoms with Crippen molar-refractivity contribution < 1.29 is 4.42 Å². The molecule has 2 aromatic rings. The molecule has 92 valence electrons. The van der Waals surface area contributed by atoms with E-state index in [1.807, 2.05) is 0 Å². The van der Waals surface area contributed by atoms with Crippen molar-refractivity contribution in [1.29, 1.82) is 0 Å². The number of thiophene rings is 1. The fourth-order valence-corrected chi connectivity index (χ4v) is 2.36. The molecule has 0 bridgehead atoms. The highest BCUT2D eigenvalue weighted by Crippen LogP contribution is 2.25.